The number of ether oxygens (including phenoxy) is 1. The van der Waals surface area contributed by atoms with E-state index in [1.807, 2.05) is 12.1 Å². The van der Waals surface area contributed by atoms with E-state index in [1.165, 1.54) is 5.01 Å². The fraction of sp³-hybridized carbons (Fsp3) is 0.333. The molecule has 1 unspecified atom stereocenters. The van der Waals surface area contributed by atoms with Crippen molar-refractivity contribution in [2.24, 2.45) is 5.29 Å². The number of rotatable bonds is 2. The van der Waals surface area contributed by atoms with Crippen molar-refractivity contribution in [3.63, 3.8) is 0 Å². The molecule has 1 saturated heterocycles. The number of hydrogen-bond donors (Lipinski definition) is 0. The molecule has 1 aliphatic rings. The van der Waals surface area contributed by atoms with Gasteiger partial charge in [0.25, 0.3) is 0 Å². The number of nitroso groups, excluding NO2 is 1. The molecule has 0 N–H and O–H groups in total. The highest BCUT2D eigenvalue weighted by molar-refractivity contribution is 6.30. The van der Waals surface area contributed by atoms with Crippen molar-refractivity contribution in [2.45, 2.75) is 6.23 Å². The minimum absolute atomic E-state index is 0.383. The molecule has 0 radical (unpaired) electrons. The SMILES string of the molecule is O=NN1CCOC1c1cccc(Cl)c1. The summed E-state index contributed by atoms with van der Waals surface area (Å²) >= 11 is 5.83. The monoisotopic (exact) mass is 212 g/mol. The fourth-order valence-electron chi connectivity index (χ4n) is 1.47. The van der Waals surface area contributed by atoms with Gasteiger partial charge in [-0.3, -0.25) is 0 Å². The molecule has 1 fully saturated rings. The van der Waals surface area contributed by atoms with E-state index in [2.05, 4.69) is 5.29 Å². The summed E-state index contributed by atoms with van der Waals surface area (Å²) in [7, 11) is 0. The molecule has 1 atom stereocenters. The van der Waals surface area contributed by atoms with E-state index in [9.17, 15) is 4.91 Å². The Balaban J connectivity index is 2.25. The third-order valence-electron chi connectivity index (χ3n) is 2.11. The van der Waals surface area contributed by atoms with Crippen LogP contribution in [0.15, 0.2) is 29.6 Å². The second-order valence-electron chi connectivity index (χ2n) is 3.02. The zero-order valence-electron chi connectivity index (χ0n) is 7.39. The van der Waals surface area contributed by atoms with Crippen molar-refractivity contribution >= 4 is 11.6 Å². The van der Waals surface area contributed by atoms with Crippen LogP contribution in [0, 0.1) is 4.91 Å². The first kappa shape index (κ1) is 9.43. The van der Waals surface area contributed by atoms with Crippen LogP contribution in [0.25, 0.3) is 0 Å². The second kappa shape index (κ2) is 3.94. The summed E-state index contributed by atoms with van der Waals surface area (Å²) in [6.07, 6.45) is -0.383. The highest BCUT2D eigenvalue weighted by Gasteiger charge is 2.26. The van der Waals surface area contributed by atoms with E-state index in [1.54, 1.807) is 12.1 Å². The van der Waals surface area contributed by atoms with Crippen molar-refractivity contribution < 1.29 is 4.74 Å². The van der Waals surface area contributed by atoms with Gasteiger partial charge in [-0.05, 0) is 12.1 Å². The quantitative estimate of drug-likeness (QED) is 0.707. The molecule has 0 spiro atoms. The lowest BCUT2D eigenvalue weighted by Crippen LogP contribution is -2.16. The lowest BCUT2D eigenvalue weighted by atomic mass is 10.2. The van der Waals surface area contributed by atoms with Crippen LogP contribution in [-0.4, -0.2) is 18.2 Å². The summed E-state index contributed by atoms with van der Waals surface area (Å²) in [5.74, 6) is 0. The molecule has 5 heteroatoms. The third kappa shape index (κ3) is 1.71. The molecule has 0 aromatic heterocycles. The van der Waals surface area contributed by atoms with Crippen molar-refractivity contribution in [1.82, 2.24) is 5.01 Å². The van der Waals surface area contributed by atoms with Gasteiger partial charge in [0, 0.05) is 10.6 Å². The van der Waals surface area contributed by atoms with Gasteiger partial charge in [-0.2, -0.15) is 0 Å². The molecular weight excluding hydrogens is 204 g/mol. The Morgan fingerprint density at radius 3 is 3.14 bits per heavy atom. The fourth-order valence-corrected chi connectivity index (χ4v) is 1.67. The van der Waals surface area contributed by atoms with Gasteiger partial charge in [0.1, 0.15) is 0 Å². The Morgan fingerprint density at radius 2 is 2.43 bits per heavy atom. The third-order valence-corrected chi connectivity index (χ3v) is 2.34. The number of hydrogen-bond acceptors (Lipinski definition) is 3. The van der Waals surface area contributed by atoms with Crippen LogP contribution in [-0.2, 0) is 4.74 Å². The maximum absolute atomic E-state index is 10.4. The van der Waals surface area contributed by atoms with Crippen molar-refractivity contribution in [2.75, 3.05) is 13.2 Å². The van der Waals surface area contributed by atoms with E-state index >= 15 is 0 Å². The van der Waals surface area contributed by atoms with Crippen molar-refractivity contribution in [3.8, 4) is 0 Å². The van der Waals surface area contributed by atoms with Crippen molar-refractivity contribution in [1.29, 1.82) is 0 Å². The molecular formula is C9H9ClN2O2. The highest BCUT2D eigenvalue weighted by atomic mass is 35.5. The minimum atomic E-state index is -0.383. The Morgan fingerprint density at radius 1 is 1.57 bits per heavy atom. The van der Waals surface area contributed by atoms with Crippen LogP contribution >= 0.6 is 11.6 Å². The second-order valence-corrected chi connectivity index (χ2v) is 3.46. The van der Waals surface area contributed by atoms with Gasteiger partial charge in [0.2, 0.25) is 0 Å². The summed E-state index contributed by atoms with van der Waals surface area (Å²) in [5, 5.41) is 4.89. The molecule has 1 aromatic rings. The van der Waals surface area contributed by atoms with E-state index in [-0.39, 0.29) is 6.23 Å². The van der Waals surface area contributed by atoms with Crippen LogP contribution < -0.4 is 0 Å². The van der Waals surface area contributed by atoms with Crippen LogP contribution in [0.4, 0.5) is 0 Å². The van der Waals surface area contributed by atoms with Gasteiger partial charge in [-0.1, -0.05) is 23.7 Å². The first-order valence-corrected chi connectivity index (χ1v) is 4.66. The van der Waals surface area contributed by atoms with E-state index in [0.29, 0.717) is 18.2 Å². The molecule has 2 rings (SSSR count). The first-order chi connectivity index (χ1) is 6.81. The smallest absolute Gasteiger partial charge is 0.174 e. The molecule has 0 aliphatic carbocycles. The molecule has 1 aromatic carbocycles. The zero-order chi connectivity index (χ0) is 9.97. The van der Waals surface area contributed by atoms with E-state index in [0.717, 1.165) is 5.56 Å². The Labute approximate surface area is 86.4 Å². The maximum Gasteiger partial charge on any atom is 0.174 e. The van der Waals surface area contributed by atoms with E-state index in [4.69, 9.17) is 16.3 Å². The Kier molecular flexibility index (Phi) is 2.65. The number of halogens is 1. The number of benzene rings is 1. The van der Waals surface area contributed by atoms with Gasteiger partial charge in [0.15, 0.2) is 6.23 Å². The molecule has 0 amide bonds. The largest absolute Gasteiger partial charge is 0.351 e. The lowest BCUT2D eigenvalue weighted by Gasteiger charge is -2.16. The Bertz CT molecular complexity index is 345. The summed E-state index contributed by atoms with van der Waals surface area (Å²) < 4.78 is 5.37. The van der Waals surface area contributed by atoms with Gasteiger partial charge in [0.05, 0.1) is 18.4 Å². The molecule has 4 nitrogen and oxygen atoms in total. The predicted octanol–water partition coefficient (Wildman–Crippen LogP) is 2.35. The normalized spacial score (nSPS) is 21.2. The van der Waals surface area contributed by atoms with Crippen LogP contribution in [0.5, 0.6) is 0 Å². The molecule has 1 aliphatic heterocycles. The topological polar surface area (TPSA) is 41.9 Å². The number of nitrogens with zero attached hydrogens (tertiary/aromatic N) is 2. The standard InChI is InChI=1S/C9H9ClN2O2/c10-8-3-1-2-7(6-8)9-12(11-13)4-5-14-9/h1-3,6,9H,4-5H2. The van der Waals surface area contributed by atoms with E-state index < -0.39 is 0 Å². The molecule has 14 heavy (non-hydrogen) atoms. The van der Waals surface area contributed by atoms with Crippen LogP contribution in [0.3, 0.4) is 0 Å². The zero-order valence-corrected chi connectivity index (χ0v) is 8.15. The summed E-state index contributed by atoms with van der Waals surface area (Å²) in [5.41, 5.74) is 0.856. The van der Waals surface area contributed by atoms with Gasteiger partial charge in [-0.25, -0.2) is 5.01 Å². The Hall–Kier alpha value is -1.13. The summed E-state index contributed by atoms with van der Waals surface area (Å²) in [6, 6.07) is 7.23. The van der Waals surface area contributed by atoms with Crippen LogP contribution in [0.1, 0.15) is 11.8 Å². The van der Waals surface area contributed by atoms with Gasteiger partial charge in [-0.15, -0.1) is 4.91 Å². The molecule has 0 saturated carbocycles. The summed E-state index contributed by atoms with van der Waals surface area (Å²) in [4.78, 5) is 10.4. The maximum atomic E-state index is 10.4. The highest BCUT2D eigenvalue weighted by Crippen LogP contribution is 2.28. The van der Waals surface area contributed by atoms with Crippen LogP contribution in [0.2, 0.25) is 5.02 Å². The predicted molar refractivity (Wildman–Crippen MR) is 52.6 cm³/mol. The summed E-state index contributed by atoms with van der Waals surface area (Å²) in [6.45, 7) is 1.05. The minimum Gasteiger partial charge on any atom is -0.351 e. The lowest BCUT2D eigenvalue weighted by molar-refractivity contribution is 0.0330. The first-order valence-electron chi connectivity index (χ1n) is 4.28. The van der Waals surface area contributed by atoms with Crippen molar-refractivity contribution in [3.05, 3.63) is 39.8 Å². The van der Waals surface area contributed by atoms with Gasteiger partial charge >= 0.3 is 0 Å². The average molecular weight is 213 g/mol. The molecule has 0 bridgehead atoms. The molecule has 1 heterocycles. The van der Waals surface area contributed by atoms with Gasteiger partial charge < -0.3 is 4.74 Å². The molecule has 74 valence electrons. The average Bonchev–Trinajstić information content (AvgIpc) is 2.65.